The number of rotatable bonds is 3. The van der Waals surface area contributed by atoms with E-state index in [1.807, 2.05) is 12.1 Å². The molecule has 0 aromatic heterocycles. The lowest BCUT2D eigenvalue weighted by atomic mass is 9.91. The summed E-state index contributed by atoms with van der Waals surface area (Å²) < 4.78 is 28.6. The normalized spacial score (nSPS) is 16.8. The number of carbonyl (C=O) groups excluding carboxylic acids is 1. The van der Waals surface area contributed by atoms with Crippen molar-refractivity contribution in [2.45, 2.75) is 41.9 Å². The van der Waals surface area contributed by atoms with Gasteiger partial charge in [-0.05, 0) is 61.1 Å². The van der Waals surface area contributed by atoms with Gasteiger partial charge >= 0.3 is 0 Å². The number of hydrogen-bond acceptors (Lipinski definition) is 4. The number of aryl methyl sites for hydroxylation is 1. The number of thioether (sulfide) groups is 1. The van der Waals surface area contributed by atoms with Crippen LogP contribution in [0.5, 0.6) is 0 Å². The molecule has 0 fully saturated rings. The number of sulfonamides is 1. The summed E-state index contributed by atoms with van der Waals surface area (Å²) in [5.74, 6) is 0.607. The van der Waals surface area contributed by atoms with Gasteiger partial charge in [0.1, 0.15) is 0 Å². The van der Waals surface area contributed by atoms with Gasteiger partial charge in [-0.25, -0.2) is 8.42 Å². The summed E-state index contributed by atoms with van der Waals surface area (Å²) in [6.07, 6.45) is 4.53. The van der Waals surface area contributed by atoms with Crippen molar-refractivity contribution < 1.29 is 13.2 Å². The fourth-order valence-corrected chi connectivity index (χ4v) is 5.50. The maximum absolute atomic E-state index is 12.9. The zero-order valence-electron chi connectivity index (χ0n) is 14.2. The van der Waals surface area contributed by atoms with Crippen LogP contribution in [-0.4, -0.2) is 20.1 Å². The Morgan fingerprint density at radius 3 is 2.77 bits per heavy atom. The summed E-state index contributed by atoms with van der Waals surface area (Å²) in [4.78, 5) is 12.8. The van der Waals surface area contributed by atoms with Crippen LogP contribution in [-0.2, 0) is 27.7 Å². The standard InChI is InChI=1S/C19H20N2O3S2/c22-19-10-11-25-18-9-8-14(12-17(18)20-19)26(23,24)21-16-7-3-5-13-4-1-2-6-15(13)16/h3,5,7-9,12,21H,1-2,4,6,10-11H2,(H,20,22). The van der Waals surface area contributed by atoms with E-state index >= 15 is 0 Å². The first-order valence-electron chi connectivity index (χ1n) is 8.73. The molecular formula is C19H20N2O3S2. The molecule has 0 unspecified atom stereocenters. The molecule has 0 radical (unpaired) electrons. The molecule has 0 saturated carbocycles. The molecule has 0 spiro atoms. The summed E-state index contributed by atoms with van der Waals surface area (Å²) >= 11 is 1.56. The van der Waals surface area contributed by atoms with E-state index in [0.29, 0.717) is 23.5 Å². The zero-order valence-corrected chi connectivity index (χ0v) is 15.9. The number of anilines is 2. The van der Waals surface area contributed by atoms with Crippen LogP contribution in [0.2, 0.25) is 0 Å². The number of nitrogens with one attached hydrogen (secondary N) is 2. The van der Waals surface area contributed by atoms with Gasteiger partial charge in [0.2, 0.25) is 5.91 Å². The first kappa shape index (κ1) is 17.4. The lowest BCUT2D eigenvalue weighted by molar-refractivity contribution is -0.115. The highest BCUT2D eigenvalue weighted by Gasteiger charge is 2.21. The largest absolute Gasteiger partial charge is 0.325 e. The molecule has 4 rings (SSSR count). The van der Waals surface area contributed by atoms with Crippen molar-refractivity contribution >= 4 is 39.1 Å². The summed E-state index contributed by atoms with van der Waals surface area (Å²) in [5, 5.41) is 2.80. The van der Waals surface area contributed by atoms with Gasteiger partial charge < -0.3 is 5.32 Å². The van der Waals surface area contributed by atoms with E-state index in [1.54, 1.807) is 30.0 Å². The third-order valence-corrected chi connectivity index (χ3v) is 7.20. The van der Waals surface area contributed by atoms with E-state index in [0.717, 1.165) is 36.1 Å². The molecule has 5 nitrogen and oxygen atoms in total. The first-order chi connectivity index (χ1) is 12.5. The lowest BCUT2D eigenvalue weighted by Gasteiger charge is -2.20. The maximum atomic E-state index is 12.9. The minimum Gasteiger partial charge on any atom is -0.325 e. The van der Waals surface area contributed by atoms with Crippen molar-refractivity contribution in [2.75, 3.05) is 15.8 Å². The molecule has 2 aromatic carbocycles. The molecule has 0 saturated heterocycles. The molecule has 0 bridgehead atoms. The van der Waals surface area contributed by atoms with Gasteiger partial charge in [-0.2, -0.15) is 0 Å². The Bertz CT molecular complexity index is 971. The van der Waals surface area contributed by atoms with Crippen LogP contribution in [0.15, 0.2) is 46.2 Å². The summed E-state index contributed by atoms with van der Waals surface area (Å²) in [6, 6.07) is 10.7. The second-order valence-electron chi connectivity index (χ2n) is 6.56. The van der Waals surface area contributed by atoms with Gasteiger partial charge in [0, 0.05) is 17.1 Å². The quantitative estimate of drug-likeness (QED) is 0.839. The van der Waals surface area contributed by atoms with E-state index in [-0.39, 0.29) is 10.8 Å². The molecular weight excluding hydrogens is 368 g/mol. The van der Waals surface area contributed by atoms with Crippen LogP contribution < -0.4 is 10.0 Å². The minimum absolute atomic E-state index is 0.0871. The predicted octanol–water partition coefficient (Wildman–Crippen LogP) is 3.80. The van der Waals surface area contributed by atoms with Crippen LogP contribution in [0.3, 0.4) is 0 Å². The number of benzene rings is 2. The Hall–Kier alpha value is -1.99. The van der Waals surface area contributed by atoms with Gasteiger partial charge in [-0.3, -0.25) is 9.52 Å². The Morgan fingerprint density at radius 2 is 1.88 bits per heavy atom. The van der Waals surface area contributed by atoms with Crippen LogP contribution in [0.25, 0.3) is 0 Å². The average Bonchev–Trinajstić information content (AvgIpc) is 2.81. The number of amides is 1. The third-order valence-electron chi connectivity index (χ3n) is 4.76. The van der Waals surface area contributed by atoms with E-state index in [4.69, 9.17) is 0 Å². The first-order valence-corrected chi connectivity index (χ1v) is 11.2. The van der Waals surface area contributed by atoms with Gasteiger partial charge in [-0.1, -0.05) is 12.1 Å². The molecule has 1 heterocycles. The van der Waals surface area contributed by atoms with E-state index in [2.05, 4.69) is 16.1 Å². The Morgan fingerprint density at radius 1 is 1.04 bits per heavy atom. The van der Waals surface area contributed by atoms with E-state index < -0.39 is 10.0 Å². The van der Waals surface area contributed by atoms with Crippen molar-refractivity contribution in [1.29, 1.82) is 0 Å². The second-order valence-corrected chi connectivity index (χ2v) is 9.38. The van der Waals surface area contributed by atoms with Crippen molar-refractivity contribution in [3.63, 3.8) is 0 Å². The SMILES string of the molecule is O=C1CCSc2ccc(S(=O)(=O)Nc3cccc4c3CCCC4)cc2N1. The predicted molar refractivity (Wildman–Crippen MR) is 104 cm³/mol. The highest BCUT2D eigenvalue weighted by Crippen LogP contribution is 2.34. The van der Waals surface area contributed by atoms with Crippen LogP contribution in [0, 0.1) is 0 Å². The average molecular weight is 389 g/mol. The van der Waals surface area contributed by atoms with Crippen LogP contribution in [0.1, 0.15) is 30.4 Å². The van der Waals surface area contributed by atoms with Crippen LogP contribution >= 0.6 is 11.8 Å². The molecule has 1 aliphatic carbocycles. The van der Waals surface area contributed by atoms with Gasteiger partial charge in [0.05, 0.1) is 16.3 Å². The summed E-state index contributed by atoms with van der Waals surface area (Å²) in [5.41, 5.74) is 3.55. The highest BCUT2D eigenvalue weighted by atomic mass is 32.2. The van der Waals surface area contributed by atoms with E-state index in [9.17, 15) is 13.2 Å². The fourth-order valence-electron chi connectivity index (χ4n) is 3.45. The number of hydrogen-bond donors (Lipinski definition) is 2. The van der Waals surface area contributed by atoms with Crippen molar-refractivity contribution in [3.8, 4) is 0 Å². The minimum atomic E-state index is -3.72. The molecule has 1 aliphatic heterocycles. The summed E-state index contributed by atoms with van der Waals surface area (Å²) in [7, 11) is -3.72. The Labute approximate surface area is 157 Å². The van der Waals surface area contributed by atoms with Crippen LogP contribution in [0.4, 0.5) is 11.4 Å². The molecule has 1 amide bonds. The molecule has 0 atom stereocenters. The number of carbonyl (C=O) groups is 1. The van der Waals surface area contributed by atoms with Gasteiger partial charge in [0.25, 0.3) is 10.0 Å². The topological polar surface area (TPSA) is 75.3 Å². The Balaban J connectivity index is 1.67. The smallest absolute Gasteiger partial charge is 0.261 e. The summed E-state index contributed by atoms with van der Waals surface area (Å²) in [6.45, 7) is 0. The molecule has 7 heteroatoms. The zero-order chi connectivity index (χ0) is 18.1. The lowest BCUT2D eigenvalue weighted by Crippen LogP contribution is -2.17. The van der Waals surface area contributed by atoms with Crippen molar-refractivity contribution in [1.82, 2.24) is 0 Å². The van der Waals surface area contributed by atoms with Gasteiger partial charge in [-0.15, -0.1) is 11.8 Å². The monoisotopic (exact) mass is 388 g/mol. The molecule has 2 N–H and O–H groups in total. The fraction of sp³-hybridized carbons (Fsp3) is 0.316. The van der Waals surface area contributed by atoms with Crippen molar-refractivity contribution in [2.24, 2.45) is 0 Å². The highest BCUT2D eigenvalue weighted by molar-refractivity contribution is 7.99. The van der Waals surface area contributed by atoms with E-state index in [1.165, 1.54) is 5.56 Å². The molecule has 2 aromatic rings. The maximum Gasteiger partial charge on any atom is 0.261 e. The Kier molecular flexibility index (Phi) is 4.67. The number of fused-ring (bicyclic) bond motifs is 2. The third kappa shape index (κ3) is 3.46. The molecule has 26 heavy (non-hydrogen) atoms. The molecule has 136 valence electrons. The second kappa shape index (κ2) is 6.96. The molecule has 2 aliphatic rings. The van der Waals surface area contributed by atoms with Gasteiger partial charge in [0.15, 0.2) is 0 Å². The van der Waals surface area contributed by atoms with Crippen molar-refractivity contribution in [3.05, 3.63) is 47.5 Å².